The SMILES string of the molecule is Cc1ccc(N=Nc2ccc(N=Nc3ccc(N=Nc4ccc(N5CCCCC5)s4)cc3Cl)cc2)cc1. The van der Waals surface area contributed by atoms with Crippen molar-refractivity contribution >= 4 is 61.4 Å². The second-order valence-electron chi connectivity index (χ2n) is 8.75. The average Bonchev–Trinajstić information content (AvgIpc) is 3.41. The molecule has 0 bridgehead atoms. The van der Waals surface area contributed by atoms with Crippen LogP contribution < -0.4 is 4.90 Å². The lowest BCUT2D eigenvalue weighted by atomic mass is 10.1. The molecule has 9 heteroatoms. The van der Waals surface area contributed by atoms with Crippen LogP contribution in [0.25, 0.3) is 0 Å². The molecule has 1 saturated heterocycles. The summed E-state index contributed by atoms with van der Waals surface area (Å²) in [6.45, 7) is 4.27. The molecule has 5 rings (SSSR count). The van der Waals surface area contributed by atoms with Gasteiger partial charge in [-0.3, -0.25) is 0 Å². The van der Waals surface area contributed by atoms with Gasteiger partial charge in [-0.15, -0.1) is 15.3 Å². The zero-order valence-electron chi connectivity index (χ0n) is 20.5. The topological polar surface area (TPSA) is 77.4 Å². The second-order valence-corrected chi connectivity index (χ2v) is 10.2. The van der Waals surface area contributed by atoms with E-state index in [4.69, 9.17) is 11.6 Å². The lowest BCUT2D eigenvalue weighted by molar-refractivity contribution is 0.580. The first-order valence-electron chi connectivity index (χ1n) is 12.2. The van der Waals surface area contributed by atoms with Crippen LogP contribution >= 0.6 is 22.9 Å². The van der Waals surface area contributed by atoms with Crippen LogP contribution in [-0.2, 0) is 0 Å². The maximum atomic E-state index is 6.43. The quantitative estimate of drug-likeness (QED) is 0.220. The molecule has 0 N–H and O–H groups in total. The monoisotopic (exact) mass is 527 g/mol. The molecule has 1 fully saturated rings. The molecule has 1 aliphatic heterocycles. The molecule has 1 aromatic heterocycles. The van der Waals surface area contributed by atoms with E-state index in [0.29, 0.717) is 22.1 Å². The number of azo groups is 3. The van der Waals surface area contributed by atoms with Gasteiger partial charge in [-0.05, 0) is 92.9 Å². The van der Waals surface area contributed by atoms with Crippen LogP contribution in [-0.4, -0.2) is 13.1 Å². The van der Waals surface area contributed by atoms with E-state index in [0.717, 1.165) is 29.5 Å². The first-order chi connectivity index (χ1) is 18.1. The third kappa shape index (κ3) is 6.93. The van der Waals surface area contributed by atoms with E-state index >= 15 is 0 Å². The highest BCUT2D eigenvalue weighted by Crippen LogP contribution is 2.36. The van der Waals surface area contributed by atoms with E-state index in [9.17, 15) is 0 Å². The van der Waals surface area contributed by atoms with Gasteiger partial charge in [-0.1, -0.05) is 40.6 Å². The number of thiophene rings is 1. The molecule has 2 heterocycles. The molecule has 4 aromatic rings. The molecule has 1 aliphatic rings. The van der Waals surface area contributed by atoms with Crippen LogP contribution in [0.2, 0.25) is 5.02 Å². The fraction of sp³-hybridized carbons (Fsp3) is 0.214. The van der Waals surface area contributed by atoms with Crippen molar-refractivity contribution in [2.24, 2.45) is 30.7 Å². The van der Waals surface area contributed by atoms with E-state index in [1.54, 1.807) is 23.5 Å². The lowest BCUT2D eigenvalue weighted by Gasteiger charge is -2.26. The molecule has 7 nitrogen and oxygen atoms in total. The van der Waals surface area contributed by atoms with Crippen molar-refractivity contribution in [1.29, 1.82) is 0 Å². The van der Waals surface area contributed by atoms with Crippen molar-refractivity contribution in [1.82, 2.24) is 0 Å². The number of anilines is 1. The van der Waals surface area contributed by atoms with Crippen molar-refractivity contribution in [3.63, 3.8) is 0 Å². The van der Waals surface area contributed by atoms with E-state index in [1.807, 2.05) is 67.6 Å². The molecule has 3 aromatic carbocycles. The Balaban J connectivity index is 1.19. The third-order valence-corrected chi connectivity index (χ3v) is 7.21. The number of piperidine rings is 1. The molecule has 37 heavy (non-hydrogen) atoms. The fourth-order valence-corrected chi connectivity index (χ4v) is 4.92. The van der Waals surface area contributed by atoms with Crippen molar-refractivity contribution < 1.29 is 0 Å². The highest BCUT2D eigenvalue weighted by Gasteiger charge is 2.12. The van der Waals surface area contributed by atoms with E-state index in [2.05, 4.69) is 41.7 Å². The molecular weight excluding hydrogens is 502 g/mol. The molecule has 186 valence electrons. The number of halogens is 1. The summed E-state index contributed by atoms with van der Waals surface area (Å²) in [5.41, 5.74) is 4.65. The summed E-state index contributed by atoms with van der Waals surface area (Å²) in [4.78, 5) is 2.42. The minimum absolute atomic E-state index is 0.462. The van der Waals surface area contributed by atoms with Crippen LogP contribution in [0.3, 0.4) is 0 Å². The van der Waals surface area contributed by atoms with Crippen LogP contribution in [0.4, 0.5) is 38.4 Å². The van der Waals surface area contributed by atoms with E-state index in [-0.39, 0.29) is 0 Å². The lowest BCUT2D eigenvalue weighted by Crippen LogP contribution is -2.28. The van der Waals surface area contributed by atoms with Crippen molar-refractivity contribution in [3.8, 4) is 0 Å². The number of aryl methyl sites for hydroxylation is 1. The molecule has 0 amide bonds. The van der Waals surface area contributed by atoms with Gasteiger partial charge in [0.25, 0.3) is 0 Å². The molecule has 0 unspecified atom stereocenters. The fourth-order valence-electron chi connectivity index (χ4n) is 3.83. The highest BCUT2D eigenvalue weighted by molar-refractivity contribution is 7.19. The van der Waals surface area contributed by atoms with Gasteiger partial charge in [-0.2, -0.15) is 15.3 Å². The maximum absolute atomic E-state index is 6.43. The first kappa shape index (κ1) is 24.9. The predicted molar refractivity (Wildman–Crippen MR) is 152 cm³/mol. The summed E-state index contributed by atoms with van der Waals surface area (Å²) in [6.07, 6.45) is 3.82. The van der Waals surface area contributed by atoms with Gasteiger partial charge < -0.3 is 4.90 Å². The summed E-state index contributed by atoms with van der Waals surface area (Å²) >= 11 is 8.09. The summed E-state index contributed by atoms with van der Waals surface area (Å²) < 4.78 is 0. The molecule has 0 spiro atoms. The highest BCUT2D eigenvalue weighted by atomic mass is 35.5. The Morgan fingerprint density at radius 2 is 1.19 bits per heavy atom. The van der Waals surface area contributed by atoms with Crippen LogP contribution in [0.1, 0.15) is 24.8 Å². The van der Waals surface area contributed by atoms with E-state index < -0.39 is 0 Å². The Labute approximate surface area is 225 Å². The molecule has 0 atom stereocenters. The van der Waals surface area contributed by atoms with E-state index in [1.165, 1.54) is 29.8 Å². The summed E-state index contributed by atoms with van der Waals surface area (Å²) in [7, 11) is 0. The summed E-state index contributed by atoms with van der Waals surface area (Å²) in [5.74, 6) is 0. The summed E-state index contributed by atoms with van der Waals surface area (Å²) in [6, 6.07) is 24.8. The summed E-state index contributed by atoms with van der Waals surface area (Å²) in [5, 5.41) is 28.4. The Kier molecular flexibility index (Phi) is 8.08. The van der Waals surface area contributed by atoms with Crippen LogP contribution in [0.5, 0.6) is 0 Å². The van der Waals surface area contributed by atoms with Crippen LogP contribution in [0, 0.1) is 6.92 Å². The van der Waals surface area contributed by atoms with Gasteiger partial charge in [0.05, 0.1) is 32.8 Å². The third-order valence-electron chi connectivity index (χ3n) is 5.88. The largest absolute Gasteiger partial charge is 0.363 e. The first-order valence-corrected chi connectivity index (χ1v) is 13.4. The Bertz CT molecular complexity index is 1420. The van der Waals surface area contributed by atoms with Gasteiger partial charge >= 0.3 is 0 Å². The normalized spacial score (nSPS) is 14.4. The standard InChI is InChI=1S/C28H26ClN7S/c1-20-5-7-21(8-6-20)30-31-22-9-11-23(12-10-22)32-34-26-14-13-24(19-25(26)29)33-35-27-15-16-28(37-27)36-17-3-2-4-18-36/h5-16,19H,2-4,17-18H2,1H3. The Morgan fingerprint density at radius 1 is 0.622 bits per heavy atom. The van der Waals surface area contributed by atoms with Gasteiger partial charge in [0.15, 0.2) is 0 Å². The number of nitrogens with zero attached hydrogens (tertiary/aromatic N) is 7. The Hall–Kier alpha value is -3.75. The van der Waals surface area contributed by atoms with Crippen molar-refractivity contribution in [2.75, 3.05) is 18.0 Å². The smallest absolute Gasteiger partial charge is 0.140 e. The van der Waals surface area contributed by atoms with Gasteiger partial charge in [-0.25, -0.2) is 0 Å². The number of benzene rings is 3. The molecule has 0 radical (unpaired) electrons. The Morgan fingerprint density at radius 3 is 1.84 bits per heavy atom. The zero-order chi connectivity index (χ0) is 25.5. The van der Waals surface area contributed by atoms with Crippen LogP contribution in [0.15, 0.2) is 110 Å². The molecule has 0 saturated carbocycles. The predicted octanol–water partition coefficient (Wildman–Crippen LogP) is 10.9. The van der Waals surface area contributed by atoms with Gasteiger partial charge in [0.1, 0.15) is 10.7 Å². The molecular formula is C28H26ClN7S. The minimum Gasteiger partial charge on any atom is -0.363 e. The number of rotatable bonds is 7. The second kappa shape index (κ2) is 12.0. The molecule has 0 aliphatic carbocycles. The minimum atomic E-state index is 0.462. The van der Waals surface area contributed by atoms with Crippen molar-refractivity contribution in [2.45, 2.75) is 26.2 Å². The number of hydrogen-bond donors (Lipinski definition) is 0. The maximum Gasteiger partial charge on any atom is 0.140 e. The van der Waals surface area contributed by atoms with Gasteiger partial charge in [0.2, 0.25) is 0 Å². The average molecular weight is 528 g/mol. The number of hydrogen-bond acceptors (Lipinski definition) is 8. The van der Waals surface area contributed by atoms with Crippen molar-refractivity contribution in [3.05, 3.63) is 89.4 Å². The zero-order valence-corrected chi connectivity index (χ0v) is 22.0. The van der Waals surface area contributed by atoms with Gasteiger partial charge in [0, 0.05) is 13.1 Å².